The van der Waals surface area contributed by atoms with Gasteiger partial charge < -0.3 is 15.0 Å². The van der Waals surface area contributed by atoms with Gasteiger partial charge in [0.25, 0.3) is 0 Å². The first-order chi connectivity index (χ1) is 9.56. The topological polar surface area (TPSA) is 41.6 Å². The van der Waals surface area contributed by atoms with E-state index in [4.69, 9.17) is 4.74 Å². The molecule has 0 saturated carbocycles. The average molecular weight is 278 g/mol. The Hall–Kier alpha value is -1.55. The first-order valence-corrected chi connectivity index (χ1v) is 7.14. The lowest BCUT2D eigenvalue weighted by molar-refractivity contribution is -0.133. The number of nitrogens with zero attached hydrogens (tertiary/aromatic N) is 1. The van der Waals surface area contributed by atoms with Crippen LogP contribution in [0.2, 0.25) is 0 Å². The van der Waals surface area contributed by atoms with Gasteiger partial charge in [0.05, 0.1) is 6.61 Å². The van der Waals surface area contributed by atoms with Crippen molar-refractivity contribution in [2.24, 2.45) is 5.92 Å². The van der Waals surface area contributed by atoms with Crippen LogP contribution >= 0.6 is 0 Å². The Kier molecular flexibility index (Phi) is 7.09. The van der Waals surface area contributed by atoms with Crippen LogP contribution in [0, 0.1) is 12.8 Å². The number of rotatable bonds is 8. The third-order valence-corrected chi connectivity index (χ3v) is 3.30. The standard InChI is InChI=1S/C16H26N2O2/c1-13-8-5-6-9-15(13)20-11-7-10-18(4)16(19)14(2)12-17-3/h5-6,8-9,14,17H,7,10-12H2,1-4H3. The third kappa shape index (κ3) is 5.21. The molecular weight excluding hydrogens is 252 g/mol. The molecule has 1 unspecified atom stereocenters. The molecule has 1 rings (SSSR count). The van der Waals surface area contributed by atoms with Crippen LogP contribution in [0.1, 0.15) is 18.9 Å². The fraction of sp³-hybridized carbons (Fsp3) is 0.562. The van der Waals surface area contributed by atoms with Crippen LogP contribution in [0.3, 0.4) is 0 Å². The van der Waals surface area contributed by atoms with Crippen LogP contribution in [0.15, 0.2) is 24.3 Å². The van der Waals surface area contributed by atoms with Crippen LogP contribution in [0.4, 0.5) is 0 Å². The number of ether oxygens (including phenoxy) is 1. The Balaban J connectivity index is 2.27. The second-order valence-electron chi connectivity index (χ2n) is 5.19. The van der Waals surface area contributed by atoms with E-state index in [1.165, 1.54) is 0 Å². The normalized spacial score (nSPS) is 12.0. The summed E-state index contributed by atoms with van der Waals surface area (Å²) in [5.41, 5.74) is 1.14. The highest BCUT2D eigenvalue weighted by atomic mass is 16.5. The molecule has 20 heavy (non-hydrogen) atoms. The molecule has 0 radical (unpaired) electrons. The van der Waals surface area contributed by atoms with Crippen molar-refractivity contribution in [3.8, 4) is 5.75 Å². The molecule has 0 fully saturated rings. The monoisotopic (exact) mass is 278 g/mol. The fourth-order valence-electron chi connectivity index (χ4n) is 2.08. The van der Waals surface area contributed by atoms with Gasteiger partial charge in [-0.05, 0) is 32.0 Å². The Morgan fingerprint density at radius 1 is 1.40 bits per heavy atom. The summed E-state index contributed by atoms with van der Waals surface area (Å²) in [5.74, 6) is 1.11. The van der Waals surface area contributed by atoms with Gasteiger partial charge in [-0.2, -0.15) is 0 Å². The zero-order chi connectivity index (χ0) is 15.0. The lowest BCUT2D eigenvalue weighted by Crippen LogP contribution is -2.36. The van der Waals surface area contributed by atoms with Crippen molar-refractivity contribution in [2.75, 3.05) is 33.8 Å². The highest BCUT2D eigenvalue weighted by Crippen LogP contribution is 2.16. The maximum atomic E-state index is 12.0. The number of amides is 1. The summed E-state index contributed by atoms with van der Waals surface area (Å²) < 4.78 is 5.72. The van der Waals surface area contributed by atoms with E-state index in [1.54, 1.807) is 4.90 Å². The van der Waals surface area contributed by atoms with Crippen LogP contribution in [0.5, 0.6) is 5.75 Å². The highest BCUT2D eigenvalue weighted by Gasteiger charge is 2.16. The molecule has 0 aliphatic heterocycles. The zero-order valence-electron chi connectivity index (χ0n) is 13.0. The number of nitrogens with one attached hydrogen (secondary N) is 1. The van der Waals surface area contributed by atoms with E-state index in [9.17, 15) is 4.79 Å². The lowest BCUT2D eigenvalue weighted by Gasteiger charge is -2.21. The van der Waals surface area contributed by atoms with Crippen molar-refractivity contribution in [3.05, 3.63) is 29.8 Å². The smallest absolute Gasteiger partial charge is 0.226 e. The van der Waals surface area contributed by atoms with Gasteiger partial charge in [0.2, 0.25) is 5.91 Å². The number of carbonyl (C=O) groups is 1. The molecule has 0 bridgehead atoms. The zero-order valence-corrected chi connectivity index (χ0v) is 13.0. The molecule has 0 heterocycles. The van der Waals surface area contributed by atoms with Gasteiger partial charge in [-0.15, -0.1) is 0 Å². The Labute approximate surface area is 122 Å². The molecule has 112 valence electrons. The summed E-state index contributed by atoms with van der Waals surface area (Å²) in [7, 11) is 3.71. The number of aryl methyl sites for hydroxylation is 1. The highest BCUT2D eigenvalue weighted by molar-refractivity contribution is 5.78. The molecule has 0 spiro atoms. The van der Waals surface area contributed by atoms with Crippen LogP contribution in [-0.2, 0) is 4.79 Å². The van der Waals surface area contributed by atoms with Gasteiger partial charge in [0.1, 0.15) is 5.75 Å². The van der Waals surface area contributed by atoms with Crippen molar-refractivity contribution in [1.29, 1.82) is 0 Å². The summed E-state index contributed by atoms with van der Waals surface area (Å²) in [5, 5.41) is 3.03. The Morgan fingerprint density at radius 3 is 2.75 bits per heavy atom. The predicted octanol–water partition coefficient (Wildman–Crippen LogP) is 2.08. The first kappa shape index (κ1) is 16.5. The maximum absolute atomic E-state index is 12.0. The lowest BCUT2D eigenvalue weighted by atomic mass is 10.1. The third-order valence-electron chi connectivity index (χ3n) is 3.30. The van der Waals surface area contributed by atoms with E-state index in [0.29, 0.717) is 13.2 Å². The van der Waals surface area contributed by atoms with Crippen molar-refractivity contribution in [3.63, 3.8) is 0 Å². The van der Waals surface area contributed by atoms with E-state index < -0.39 is 0 Å². The van der Waals surface area contributed by atoms with Gasteiger partial charge in [-0.1, -0.05) is 25.1 Å². The summed E-state index contributed by atoms with van der Waals surface area (Å²) in [6, 6.07) is 7.97. The summed E-state index contributed by atoms with van der Waals surface area (Å²) >= 11 is 0. The van der Waals surface area contributed by atoms with Gasteiger partial charge in [0, 0.05) is 26.1 Å². The molecule has 4 heteroatoms. The van der Waals surface area contributed by atoms with Crippen LogP contribution < -0.4 is 10.1 Å². The van der Waals surface area contributed by atoms with Gasteiger partial charge in [-0.3, -0.25) is 4.79 Å². The second-order valence-corrected chi connectivity index (χ2v) is 5.19. The minimum Gasteiger partial charge on any atom is -0.493 e. The molecule has 1 amide bonds. The average Bonchev–Trinajstić information content (AvgIpc) is 2.44. The number of benzene rings is 1. The largest absolute Gasteiger partial charge is 0.493 e. The number of hydrogen-bond donors (Lipinski definition) is 1. The Bertz CT molecular complexity index is 421. The molecule has 1 N–H and O–H groups in total. The minimum absolute atomic E-state index is 0.0160. The van der Waals surface area contributed by atoms with Crippen molar-refractivity contribution >= 4 is 5.91 Å². The quantitative estimate of drug-likeness (QED) is 0.740. The summed E-state index contributed by atoms with van der Waals surface area (Å²) in [4.78, 5) is 13.8. The molecule has 1 aromatic carbocycles. The molecular formula is C16H26N2O2. The summed E-state index contributed by atoms with van der Waals surface area (Å²) in [6.07, 6.45) is 0.836. The molecule has 4 nitrogen and oxygen atoms in total. The van der Waals surface area contributed by atoms with Crippen molar-refractivity contribution in [2.45, 2.75) is 20.3 Å². The predicted molar refractivity (Wildman–Crippen MR) is 82.0 cm³/mol. The first-order valence-electron chi connectivity index (χ1n) is 7.14. The molecule has 1 aromatic rings. The molecule has 0 saturated heterocycles. The molecule has 0 aliphatic rings. The SMILES string of the molecule is CNCC(C)C(=O)N(C)CCCOc1ccccc1C. The van der Waals surface area contributed by atoms with Gasteiger partial charge in [0.15, 0.2) is 0 Å². The van der Waals surface area contributed by atoms with E-state index in [0.717, 1.165) is 24.3 Å². The van der Waals surface area contributed by atoms with Gasteiger partial charge in [-0.25, -0.2) is 0 Å². The maximum Gasteiger partial charge on any atom is 0.226 e. The van der Waals surface area contributed by atoms with E-state index >= 15 is 0 Å². The number of hydrogen-bond acceptors (Lipinski definition) is 3. The number of carbonyl (C=O) groups excluding carboxylic acids is 1. The molecule has 0 aromatic heterocycles. The number of para-hydroxylation sites is 1. The van der Waals surface area contributed by atoms with Crippen molar-refractivity contribution < 1.29 is 9.53 Å². The van der Waals surface area contributed by atoms with E-state index in [1.807, 2.05) is 52.2 Å². The molecule has 0 aliphatic carbocycles. The summed E-state index contributed by atoms with van der Waals surface area (Å²) in [6.45, 7) is 6.04. The van der Waals surface area contributed by atoms with Crippen LogP contribution in [-0.4, -0.2) is 44.6 Å². The fourth-order valence-corrected chi connectivity index (χ4v) is 2.08. The molecule has 1 atom stereocenters. The second kappa shape index (κ2) is 8.59. The van der Waals surface area contributed by atoms with Gasteiger partial charge >= 0.3 is 0 Å². The minimum atomic E-state index is 0.0160. The van der Waals surface area contributed by atoms with E-state index in [-0.39, 0.29) is 11.8 Å². The van der Waals surface area contributed by atoms with Crippen molar-refractivity contribution in [1.82, 2.24) is 10.2 Å². The Morgan fingerprint density at radius 2 is 2.10 bits per heavy atom. The van der Waals surface area contributed by atoms with Crippen LogP contribution in [0.25, 0.3) is 0 Å². The van der Waals surface area contributed by atoms with E-state index in [2.05, 4.69) is 5.32 Å².